The highest BCUT2D eigenvalue weighted by Crippen LogP contribution is 2.35. The molecular formula is C9H14F3N3OS. The molecule has 17 heavy (non-hydrogen) atoms. The fourth-order valence-electron chi connectivity index (χ4n) is 0.886. The summed E-state index contributed by atoms with van der Waals surface area (Å²) in [6, 6.07) is 0. The molecule has 0 bridgehead atoms. The number of hydrogen-bond acceptors (Lipinski definition) is 5. The molecule has 0 aromatic carbocycles. The van der Waals surface area contributed by atoms with Gasteiger partial charge in [0.25, 0.3) is 5.89 Å². The molecule has 0 amide bonds. The maximum absolute atomic E-state index is 12.6. The Morgan fingerprint density at radius 1 is 1.41 bits per heavy atom. The van der Waals surface area contributed by atoms with Gasteiger partial charge < -0.3 is 10.3 Å². The zero-order valence-electron chi connectivity index (χ0n) is 9.71. The lowest BCUT2D eigenvalue weighted by molar-refractivity contribution is -0.190. The summed E-state index contributed by atoms with van der Waals surface area (Å²) in [5.41, 5.74) is 2.55. The highest BCUT2D eigenvalue weighted by Gasteiger charge is 2.53. The van der Waals surface area contributed by atoms with Crippen molar-refractivity contribution in [1.29, 1.82) is 0 Å². The zero-order valence-corrected chi connectivity index (χ0v) is 10.5. The van der Waals surface area contributed by atoms with Crippen LogP contribution in [0, 0.1) is 0 Å². The molecule has 0 saturated carbocycles. The van der Waals surface area contributed by atoms with E-state index >= 15 is 0 Å². The minimum atomic E-state index is -4.62. The Balaban J connectivity index is 2.81. The van der Waals surface area contributed by atoms with Crippen LogP contribution in [0.15, 0.2) is 4.52 Å². The summed E-state index contributed by atoms with van der Waals surface area (Å²) in [5, 5.41) is 3.82. The first-order chi connectivity index (χ1) is 7.64. The number of nitrogens with two attached hydrogens (primary N) is 1. The van der Waals surface area contributed by atoms with Crippen LogP contribution in [0.4, 0.5) is 13.2 Å². The largest absolute Gasteiger partial charge is 0.415 e. The average Bonchev–Trinajstić information content (AvgIpc) is 2.61. The Labute approximate surface area is 101 Å². The second-order valence-corrected chi connectivity index (χ2v) is 5.64. The molecule has 8 heteroatoms. The van der Waals surface area contributed by atoms with Crippen LogP contribution in [0.25, 0.3) is 0 Å². The van der Waals surface area contributed by atoms with Crippen molar-refractivity contribution in [3.8, 4) is 0 Å². The maximum atomic E-state index is 12.6. The van der Waals surface area contributed by atoms with Crippen molar-refractivity contribution in [3.05, 3.63) is 11.7 Å². The Bertz CT molecular complexity index is 376. The number of aromatic nitrogens is 2. The summed E-state index contributed by atoms with van der Waals surface area (Å²) in [6.45, 7) is 4.74. The first kappa shape index (κ1) is 14.3. The van der Waals surface area contributed by atoms with Crippen LogP contribution >= 0.6 is 11.8 Å². The van der Waals surface area contributed by atoms with Gasteiger partial charge in [-0.3, -0.25) is 0 Å². The van der Waals surface area contributed by atoms with E-state index in [2.05, 4.69) is 14.7 Å². The molecule has 0 saturated heterocycles. The fraction of sp³-hybridized carbons (Fsp3) is 0.778. The Hall–Kier alpha value is -0.760. The van der Waals surface area contributed by atoms with E-state index in [4.69, 9.17) is 5.73 Å². The van der Waals surface area contributed by atoms with E-state index in [0.29, 0.717) is 11.0 Å². The zero-order chi connectivity index (χ0) is 13.3. The van der Waals surface area contributed by atoms with Crippen molar-refractivity contribution in [1.82, 2.24) is 10.1 Å². The molecule has 0 aliphatic heterocycles. The molecule has 1 unspecified atom stereocenters. The van der Waals surface area contributed by atoms with Gasteiger partial charge in [-0.05, 0) is 12.2 Å². The molecule has 0 aliphatic carbocycles. The lowest BCUT2D eigenvalue weighted by atomic mass is 10.0. The first-order valence-corrected chi connectivity index (χ1v) is 5.99. The molecule has 1 rings (SSSR count). The number of nitrogens with zero attached hydrogens (tertiary/aromatic N) is 2. The van der Waals surface area contributed by atoms with Crippen LogP contribution < -0.4 is 5.73 Å². The van der Waals surface area contributed by atoms with Gasteiger partial charge in [-0.1, -0.05) is 19.0 Å². The predicted octanol–water partition coefficient (Wildman–Crippen LogP) is 2.45. The number of alkyl halides is 3. The second kappa shape index (κ2) is 4.85. The average molecular weight is 269 g/mol. The van der Waals surface area contributed by atoms with Crippen LogP contribution in [0.5, 0.6) is 0 Å². The number of hydrogen-bond donors (Lipinski definition) is 1. The summed E-state index contributed by atoms with van der Waals surface area (Å²) >= 11 is 1.51. The van der Waals surface area contributed by atoms with Crippen molar-refractivity contribution < 1.29 is 17.7 Å². The second-order valence-electron chi connectivity index (χ2n) is 4.08. The fourth-order valence-corrected chi connectivity index (χ4v) is 1.49. The molecule has 2 N–H and O–H groups in total. The Morgan fingerprint density at radius 2 is 2.00 bits per heavy atom. The van der Waals surface area contributed by atoms with Gasteiger partial charge >= 0.3 is 6.18 Å². The van der Waals surface area contributed by atoms with Gasteiger partial charge in [0.2, 0.25) is 0 Å². The van der Waals surface area contributed by atoms with Crippen molar-refractivity contribution in [2.75, 3.05) is 0 Å². The molecule has 0 radical (unpaired) electrons. The summed E-state index contributed by atoms with van der Waals surface area (Å²) in [5.74, 6) is 0.0127. The van der Waals surface area contributed by atoms with Crippen molar-refractivity contribution in [2.24, 2.45) is 5.73 Å². The summed E-state index contributed by atoms with van der Waals surface area (Å²) < 4.78 is 42.3. The van der Waals surface area contributed by atoms with Crippen LogP contribution in [-0.4, -0.2) is 21.6 Å². The van der Waals surface area contributed by atoms with Crippen LogP contribution in [0.3, 0.4) is 0 Å². The van der Waals surface area contributed by atoms with E-state index in [1.54, 1.807) is 0 Å². The summed E-state index contributed by atoms with van der Waals surface area (Å²) in [7, 11) is 0. The SMILES string of the molecule is CC(C)SCc1noc(C(C)(N)C(F)(F)F)n1. The van der Waals surface area contributed by atoms with Crippen LogP contribution in [0.2, 0.25) is 0 Å². The Kier molecular flexibility index (Phi) is 4.08. The molecule has 98 valence electrons. The summed E-state index contributed by atoms with van der Waals surface area (Å²) in [4.78, 5) is 3.68. The number of thioether (sulfide) groups is 1. The van der Waals surface area contributed by atoms with Gasteiger partial charge in [-0.25, -0.2) is 0 Å². The minimum absolute atomic E-state index is 0.222. The molecule has 4 nitrogen and oxygen atoms in total. The minimum Gasteiger partial charge on any atom is -0.337 e. The molecular weight excluding hydrogens is 255 g/mol. The quantitative estimate of drug-likeness (QED) is 0.909. The van der Waals surface area contributed by atoms with Crippen molar-refractivity contribution in [3.63, 3.8) is 0 Å². The van der Waals surface area contributed by atoms with Gasteiger partial charge in [0.1, 0.15) is 0 Å². The van der Waals surface area contributed by atoms with Crippen molar-refractivity contribution in [2.45, 2.75) is 43.5 Å². The normalized spacial score (nSPS) is 16.2. The molecule has 0 aliphatic rings. The third-order valence-corrected chi connectivity index (χ3v) is 3.14. The van der Waals surface area contributed by atoms with E-state index in [-0.39, 0.29) is 5.82 Å². The smallest absolute Gasteiger partial charge is 0.337 e. The standard InChI is InChI=1S/C9H14F3N3OS/c1-5(2)17-4-6-14-7(16-15-6)8(3,13)9(10,11)12/h5H,4,13H2,1-3H3. The number of rotatable bonds is 4. The Morgan fingerprint density at radius 3 is 2.47 bits per heavy atom. The van der Waals surface area contributed by atoms with Gasteiger partial charge in [0.15, 0.2) is 11.4 Å². The van der Waals surface area contributed by atoms with Gasteiger partial charge in [-0.2, -0.15) is 29.9 Å². The van der Waals surface area contributed by atoms with Gasteiger partial charge in [0, 0.05) is 0 Å². The van der Waals surface area contributed by atoms with Gasteiger partial charge in [-0.15, -0.1) is 0 Å². The van der Waals surface area contributed by atoms with E-state index in [1.165, 1.54) is 11.8 Å². The molecule has 1 heterocycles. The third kappa shape index (κ3) is 3.35. The van der Waals surface area contributed by atoms with E-state index < -0.39 is 17.6 Å². The first-order valence-electron chi connectivity index (χ1n) is 4.95. The van der Waals surface area contributed by atoms with Gasteiger partial charge in [0.05, 0.1) is 5.75 Å². The highest BCUT2D eigenvalue weighted by atomic mass is 32.2. The predicted molar refractivity (Wildman–Crippen MR) is 58.3 cm³/mol. The molecule has 1 aromatic rings. The van der Waals surface area contributed by atoms with Crippen molar-refractivity contribution >= 4 is 11.8 Å². The highest BCUT2D eigenvalue weighted by molar-refractivity contribution is 7.99. The molecule has 0 fully saturated rings. The molecule has 0 spiro atoms. The molecule has 1 atom stereocenters. The lowest BCUT2D eigenvalue weighted by Gasteiger charge is -2.22. The third-order valence-electron chi connectivity index (χ3n) is 2.05. The van der Waals surface area contributed by atoms with E-state index in [9.17, 15) is 13.2 Å². The monoisotopic (exact) mass is 269 g/mol. The van der Waals surface area contributed by atoms with E-state index in [0.717, 1.165) is 6.92 Å². The number of halogens is 3. The topological polar surface area (TPSA) is 64.9 Å². The van der Waals surface area contributed by atoms with Crippen LogP contribution in [0.1, 0.15) is 32.5 Å². The molecule has 1 aromatic heterocycles. The van der Waals surface area contributed by atoms with Crippen LogP contribution in [-0.2, 0) is 11.3 Å². The lowest BCUT2D eigenvalue weighted by Crippen LogP contribution is -2.48. The maximum Gasteiger partial charge on any atom is 0.415 e. The summed E-state index contributed by atoms with van der Waals surface area (Å²) in [6.07, 6.45) is -4.62. The van der Waals surface area contributed by atoms with E-state index in [1.807, 2.05) is 13.8 Å².